The number of aromatic hydroxyl groups is 1. The number of hydrogen-bond acceptors (Lipinski definition) is 5. The van der Waals surface area contributed by atoms with Gasteiger partial charge in [0, 0.05) is 18.2 Å². The molecule has 0 fully saturated rings. The van der Waals surface area contributed by atoms with Gasteiger partial charge in [0.05, 0.1) is 5.56 Å². The van der Waals surface area contributed by atoms with E-state index in [0.717, 1.165) is 5.52 Å². The topological polar surface area (TPSA) is 119 Å². The number of rotatable bonds is 3. The van der Waals surface area contributed by atoms with Gasteiger partial charge in [-0.15, -0.1) is 0 Å². The number of phenolic OH excluding ortho intramolecular Hbond substituents is 1. The number of thiocarbonyl (C=S) groups is 1. The first-order chi connectivity index (χ1) is 11.6. The summed E-state index contributed by atoms with van der Waals surface area (Å²) in [5.41, 5.74) is 2.39. The number of benzene rings is 2. The van der Waals surface area contributed by atoms with Crippen LogP contribution in [0.4, 0.5) is 5.69 Å². The van der Waals surface area contributed by atoms with Crippen molar-refractivity contribution < 1.29 is 19.8 Å². The summed E-state index contributed by atoms with van der Waals surface area (Å²) in [5.74, 6) is 0.151. The molecule has 0 saturated carbocycles. The van der Waals surface area contributed by atoms with E-state index in [1.54, 1.807) is 19.1 Å². The molecule has 0 radical (unpaired) electrons. The van der Waals surface area contributed by atoms with E-state index in [0.29, 0.717) is 29.1 Å². The van der Waals surface area contributed by atoms with Crippen LogP contribution in [0.2, 0.25) is 0 Å². The Morgan fingerprint density at radius 3 is 2.72 bits per heavy atom. The van der Waals surface area contributed by atoms with Gasteiger partial charge in [0.15, 0.2) is 10.7 Å². The molecule has 0 unspecified atom stereocenters. The third-order valence-corrected chi connectivity index (χ3v) is 3.56. The van der Waals surface area contributed by atoms with Gasteiger partial charge in [-0.3, -0.25) is 4.79 Å². The highest BCUT2D eigenvalue weighted by Gasteiger charge is 2.13. The number of nitrogens with one attached hydrogen (secondary N) is 2. The molecule has 0 aliphatic rings. The number of oxazole rings is 1. The number of fused-ring (bicyclic) bond motifs is 1. The minimum absolute atomic E-state index is 0. The fourth-order valence-electron chi connectivity index (χ4n) is 2.16. The first-order valence-corrected chi connectivity index (χ1v) is 7.77. The van der Waals surface area contributed by atoms with Crippen molar-refractivity contribution in [2.45, 2.75) is 13.3 Å². The molecule has 5 N–H and O–H groups in total. The predicted molar refractivity (Wildman–Crippen MR) is 99.4 cm³/mol. The van der Waals surface area contributed by atoms with Crippen molar-refractivity contribution in [3.05, 3.63) is 42.5 Å². The zero-order valence-corrected chi connectivity index (χ0v) is 14.2. The molecule has 0 saturated heterocycles. The number of carbonyl (C=O) groups is 1. The van der Waals surface area contributed by atoms with E-state index in [2.05, 4.69) is 15.6 Å². The van der Waals surface area contributed by atoms with Crippen LogP contribution in [-0.4, -0.2) is 26.6 Å². The van der Waals surface area contributed by atoms with Gasteiger partial charge in [0.1, 0.15) is 11.3 Å². The lowest BCUT2D eigenvalue weighted by molar-refractivity contribution is -0.119. The molecule has 1 amide bonds. The van der Waals surface area contributed by atoms with E-state index in [-0.39, 0.29) is 22.2 Å². The fourth-order valence-corrected chi connectivity index (χ4v) is 2.39. The second kappa shape index (κ2) is 7.73. The van der Waals surface area contributed by atoms with Crippen LogP contribution in [0.15, 0.2) is 46.9 Å². The van der Waals surface area contributed by atoms with E-state index in [9.17, 15) is 9.90 Å². The van der Waals surface area contributed by atoms with Crippen LogP contribution in [0, 0.1) is 0 Å². The molecule has 0 aliphatic heterocycles. The lowest BCUT2D eigenvalue weighted by Gasteiger charge is -2.10. The number of para-hydroxylation sites is 2. The third kappa shape index (κ3) is 4.11. The van der Waals surface area contributed by atoms with Crippen LogP contribution >= 0.6 is 12.2 Å². The van der Waals surface area contributed by atoms with Crippen LogP contribution in [0.1, 0.15) is 13.3 Å². The summed E-state index contributed by atoms with van der Waals surface area (Å²) in [6.07, 6.45) is 0.337. The molecule has 3 rings (SSSR count). The predicted octanol–water partition coefficient (Wildman–Crippen LogP) is 2.60. The molecule has 1 aromatic heterocycles. The van der Waals surface area contributed by atoms with Crippen molar-refractivity contribution in [3.8, 4) is 17.2 Å². The Labute approximate surface area is 149 Å². The summed E-state index contributed by atoms with van der Waals surface area (Å²) in [6.45, 7) is 1.74. The molecule has 0 spiro atoms. The highest BCUT2D eigenvalue weighted by molar-refractivity contribution is 7.80. The Morgan fingerprint density at radius 2 is 2.04 bits per heavy atom. The summed E-state index contributed by atoms with van der Waals surface area (Å²) in [6, 6.07) is 12.3. The molecule has 2 aromatic carbocycles. The van der Waals surface area contributed by atoms with Gasteiger partial charge < -0.3 is 25.6 Å². The van der Waals surface area contributed by atoms with Gasteiger partial charge in [-0.25, -0.2) is 4.98 Å². The average molecular weight is 359 g/mol. The Balaban J connectivity index is 0.00000225. The summed E-state index contributed by atoms with van der Waals surface area (Å²) in [4.78, 5) is 15.7. The molecule has 0 atom stereocenters. The van der Waals surface area contributed by atoms with Gasteiger partial charge in [-0.2, -0.15) is 0 Å². The highest BCUT2D eigenvalue weighted by Crippen LogP contribution is 2.32. The zero-order chi connectivity index (χ0) is 17.1. The van der Waals surface area contributed by atoms with Gasteiger partial charge in [-0.1, -0.05) is 19.1 Å². The lowest BCUT2D eigenvalue weighted by Crippen LogP contribution is -2.33. The molecule has 1 heterocycles. The standard InChI is InChI=1S/C17H15N3O3S.H2O/c1-2-15(22)20-17(24)18-10-7-8-11(13(21)9-10)16-19-12-5-3-4-6-14(12)23-16;/h3-9,21H,2H2,1H3,(H2,18,20,22,24);1H2. The van der Waals surface area contributed by atoms with Gasteiger partial charge >= 0.3 is 0 Å². The summed E-state index contributed by atoms with van der Waals surface area (Å²) in [7, 11) is 0. The first kappa shape index (κ1) is 18.4. The number of phenols is 1. The van der Waals surface area contributed by atoms with Crippen LogP contribution in [0.5, 0.6) is 5.75 Å². The Bertz CT molecular complexity index is 890. The number of carbonyl (C=O) groups excluding carboxylic acids is 1. The van der Waals surface area contributed by atoms with Crippen molar-refractivity contribution in [1.29, 1.82) is 0 Å². The second-order valence-electron chi connectivity index (χ2n) is 5.07. The monoisotopic (exact) mass is 359 g/mol. The normalized spacial score (nSPS) is 10.1. The van der Waals surface area contributed by atoms with Crippen LogP contribution in [-0.2, 0) is 4.79 Å². The zero-order valence-electron chi connectivity index (χ0n) is 13.4. The van der Waals surface area contributed by atoms with Gasteiger partial charge in [0.2, 0.25) is 11.8 Å². The Morgan fingerprint density at radius 1 is 1.28 bits per heavy atom. The number of anilines is 1. The minimum Gasteiger partial charge on any atom is -0.507 e. The first-order valence-electron chi connectivity index (χ1n) is 7.36. The number of nitrogens with zero attached hydrogens (tertiary/aromatic N) is 1. The van der Waals surface area contributed by atoms with Gasteiger partial charge in [-0.05, 0) is 36.5 Å². The van der Waals surface area contributed by atoms with Gasteiger partial charge in [0.25, 0.3) is 0 Å². The molecule has 3 aromatic rings. The smallest absolute Gasteiger partial charge is 0.231 e. The molecule has 0 bridgehead atoms. The Kier molecular flexibility index (Phi) is 5.68. The van der Waals surface area contributed by atoms with E-state index in [1.165, 1.54) is 6.07 Å². The van der Waals surface area contributed by atoms with E-state index >= 15 is 0 Å². The SMILES string of the molecule is CCC(=O)NC(=S)Nc1ccc(-c2nc3ccccc3o2)c(O)c1.O. The van der Waals surface area contributed by atoms with Crippen molar-refractivity contribution in [3.63, 3.8) is 0 Å². The van der Waals surface area contributed by atoms with Crippen LogP contribution < -0.4 is 10.6 Å². The van der Waals surface area contributed by atoms with Crippen molar-refractivity contribution in [1.82, 2.24) is 10.3 Å². The number of hydrogen-bond donors (Lipinski definition) is 3. The maximum atomic E-state index is 11.3. The molecule has 7 nitrogen and oxygen atoms in total. The molecule has 25 heavy (non-hydrogen) atoms. The van der Waals surface area contributed by atoms with Crippen LogP contribution in [0.3, 0.4) is 0 Å². The van der Waals surface area contributed by atoms with E-state index in [4.69, 9.17) is 16.6 Å². The summed E-state index contributed by atoms with van der Waals surface area (Å²) >= 11 is 5.04. The van der Waals surface area contributed by atoms with Crippen LogP contribution in [0.25, 0.3) is 22.6 Å². The number of aromatic nitrogens is 1. The van der Waals surface area contributed by atoms with Crippen molar-refractivity contribution >= 4 is 40.0 Å². The molecule has 8 heteroatoms. The Hall–Kier alpha value is -2.97. The van der Waals surface area contributed by atoms with E-state index < -0.39 is 0 Å². The minimum atomic E-state index is -0.181. The maximum absolute atomic E-state index is 11.3. The molecular formula is C17H17N3O4S. The summed E-state index contributed by atoms with van der Waals surface area (Å²) in [5, 5.41) is 15.8. The fraction of sp³-hybridized carbons (Fsp3) is 0.118. The maximum Gasteiger partial charge on any atom is 0.231 e. The third-order valence-electron chi connectivity index (χ3n) is 3.35. The van der Waals surface area contributed by atoms with Crippen molar-refractivity contribution in [2.75, 3.05) is 5.32 Å². The number of amides is 1. The lowest BCUT2D eigenvalue weighted by atomic mass is 10.2. The summed E-state index contributed by atoms with van der Waals surface area (Å²) < 4.78 is 5.65. The molecule has 130 valence electrons. The average Bonchev–Trinajstić information content (AvgIpc) is 2.98. The van der Waals surface area contributed by atoms with E-state index in [1.807, 2.05) is 24.3 Å². The molecule has 0 aliphatic carbocycles. The highest BCUT2D eigenvalue weighted by atomic mass is 32.1. The molecular weight excluding hydrogens is 342 g/mol. The second-order valence-corrected chi connectivity index (χ2v) is 5.48. The largest absolute Gasteiger partial charge is 0.507 e. The van der Waals surface area contributed by atoms with Crippen molar-refractivity contribution in [2.24, 2.45) is 0 Å². The quantitative estimate of drug-likeness (QED) is 0.619.